The molecule has 0 spiro atoms. The topological polar surface area (TPSA) is 83.1 Å². The van der Waals surface area contributed by atoms with Crippen LogP contribution in [0.25, 0.3) is 0 Å². The highest BCUT2D eigenvalue weighted by molar-refractivity contribution is 8.00. The van der Waals surface area contributed by atoms with E-state index in [0.717, 1.165) is 16.2 Å². The molecular formula is C20H21NO6S. The monoisotopic (exact) mass is 403 g/mol. The molecule has 0 saturated heterocycles. The summed E-state index contributed by atoms with van der Waals surface area (Å²) in [6.45, 7) is 1.09. The van der Waals surface area contributed by atoms with Gasteiger partial charge in [-0.3, -0.25) is 9.59 Å². The van der Waals surface area contributed by atoms with E-state index in [1.165, 1.54) is 11.8 Å². The van der Waals surface area contributed by atoms with Crippen molar-refractivity contribution < 1.29 is 28.5 Å². The maximum absolute atomic E-state index is 11.9. The van der Waals surface area contributed by atoms with Gasteiger partial charge in [-0.05, 0) is 35.9 Å². The Morgan fingerprint density at radius 3 is 2.57 bits per heavy atom. The van der Waals surface area contributed by atoms with E-state index in [0.29, 0.717) is 31.3 Å². The first-order valence-electron chi connectivity index (χ1n) is 8.72. The predicted molar refractivity (Wildman–Crippen MR) is 104 cm³/mol. The molecule has 0 radical (unpaired) electrons. The third-order valence-corrected chi connectivity index (χ3v) is 4.85. The lowest BCUT2D eigenvalue weighted by Gasteiger charge is -2.18. The highest BCUT2D eigenvalue weighted by Crippen LogP contribution is 2.34. The lowest BCUT2D eigenvalue weighted by atomic mass is 10.2. The molecule has 0 aromatic heterocycles. The first-order chi connectivity index (χ1) is 13.6. The molecular weight excluding hydrogens is 382 g/mol. The van der Waals surface area contributed by atoms with Crippen molar-refractivity contribution in [2.24, 2.45) is 0 Å². The van der Waals surface area contributed by atoms with Crippen LogP contribution >= 0.6 is 11.8 Å². The number of amides is 1. The Balaban J connectivity index is 1.36. The standard InChI is InChI=1S/C20H21NO6S/c1-24-15-4-2-14(3-5-15)11-21-19(22)12-27-20(23)13-28-16-6-7-17-18(10-16)26-9-8-25-17/h2-7,10H,8-9,11-13H2,1H3,(H,21,22). The van der Waals surface area contributed by atoms with Gasteiger partial charge in [0.15, 0.2) is 18.1 Å². The van der Waals surface area contributed by atoms with E-state index in [9.17, 15) is 9.59 Å². The number of hydrogen-bond acceptors (Lipinski definition) is 7. The number of rotatable bonds is 8. The number of methoxy groups -OCH3 is 1. The van der Waals surface area contributed by atoms with Crippen LogP contribution in [0.15, 0.2) is 47.4 Å². The molecule has 1 amide bonds. The normalized spacial score (nSPS) is 12.2. The summed E-state index contributed by atoms with van der Waals surface area (Å²) >= 11 is 1.31. The summed E-state index contributed by atoms with van der Waals surface area (Å²) in [5.74, 6) is 1.41. The number of carbonyl (C=O) groups is 2. The molecule has 8 heteroatoms. The van der Waals surface area contributed by atoms with Gasteiger partial charge in [-0.25, -0.2) is 0 Å². The lowest BCUT2D eigenvalue weighted by molar-refractivity contribution is -0.145. The second kappa shape index (κ2) is 9.89. The fraction of sp³-hybridized carbons (Fsp3) is 0.300. The van der Waals surface area contributed by atoms with Crippen LogP contribution in [0.4, 0.5) is 0 Å². The van der Waals surface area contributed by atoms with Gasteiger partial charge in [-0.2, -0.15) is 0 Å². The number of hydrogen-bond donors (Lipinski definition) is 1. The van der Waals surface area contributed by atoms with Crippen LogP contribution in [0.5, 0.6) is 17.2 Å². The summed E-state index contributed by atoms with van der Waals surface area (Å²) < 4.78 is 21.1. The molecule has 2 aromatic carbocycles. The van der Waals surface area contributed by atoms with Crippen molar-refractivity contribution in [1.82, 2.24) is 5.32 Å². The van der Waals surface area contributed by atoms with E-state index in [1.807, 2.05) is 42.5 Å². The summed E-state index contributed by atoms with van der Waals surface area (Å²) in [5.41, 5.74) is 0.926. The van der Waals surface area contributed by atoms with E-state index < -0.39 is 5.97 Å². The average molecular weight is 403 g/mol. The molecule has 0 unspecified atom stereocenters. The molecule has 2 aromatic rings. The van der Waals surface area contributed by atoms with Crippen molar-refractivity contribution >= 4 is 23.6 Å². The number of benzene rings is 2. The van der Waals surface area contributed by atoms with Crippen molar-refractivity contribution in [3.8, 4) is 17.2 Å². The third-order valence-electron chi connectivity index (χ3n) is 3.88. The fourth-order valence-corrected chi connectivity index (χ4v) is 3.16. The quantitative estimate of drug-likeness (QED) is 0.535. The van der Waals surface area contributed by atoms with Crippen LogP contribution in [0.3, 0.4) is 0 Å². The number of esters is 1. The number of nitrogens with one attached hydrogen (secondary N) is 1. The lowest BCUT2D eigenvalue weighted by Crippen LogP contribution is -2.28. The van der Waals surface area contributed by atoms with Crippen LogP contribution in [-0.4, -0.2) is 44.6 Å². The van der Waals surface area contributed by atoms with Gasteiger partial charge in [0.05, 0.1) is 12.9 Å². The van der Waals surface area contributed by atoms with Crippen molar-refractivity contribution in [3.05, 3.63) is 48.0 Å². The molecule has 1 heterocycles. The molecule has 3 rings (SSSR count). The molecule has 0 atom stereocenters. The zero-order valence-electron chi connectivity index (χ0n) is 15.4. The summed E-state index contributed by atoms with van der Waals surface area (Å²) in [7, 11) is 1.59. The molecule has 0 bridgehead atoms. The van der Waals surface area contributed by atoms with Gasteiger partial charge in [-0.15, -0.1) is 11.8 Å². The van der Waals surface area contributed by atoms with E-state index in [2.05, 4.69) is 5.32 Å². The largest absolute Gasteiger partial charge is 0.497 e. The minimum Gasteiger partial charge on any atom is -0.497 e. The van der Waals surface area contributed by atoms with Crippen molar-refractivity contribution in [3.63, 3.8) is 0 Å². The first kappa shape index (κ1) is 19.9. The smallest absolute Gasteiger partial charge is 0.316 e. The van der Waals surface area contributed by atoms with E-state index in [-0.39, 0.29) is 18.3 Å². The first-order valence-corrected chi connectivity index (χ1v) is 9.70. The second-order valence-electron chi connectivity index (χ2n) is 5.88. The van der Waals surface area contributed by atoms with Gasteiger partial charge in [0.25, 0.3) is 5.91 Å². The van der Waals surface area contributed by atoms with Gasteiger partial charge in [-0.1, -0.05) is 12.1 Å². The van der Waals surface area contributed by atoms with E-state index in [4.69, 9.17) is 18.9 Å². The predicted octanol–water partition coefficient (Wildman–Crippen LogP) is 2.42. The molecule has 148 valence electrons. The van der Waals surface area contributed by atoms with E-state index in [1.54, 1.807) is 7.11 Å². The summed E-state index contributed by atoms with van der Waals surface area (Å²) in [5, 5.41) is 2.71. The van der Waals surface area contributed by atoms with Gasteiger partial charge < -0.3 is 24.3 Å². The van der Waals surface area contributed by atoms with Crippen LogP contribution in [0, 0.1) is 0 Å². The Morgan fingerprint density at radius 2 is 1.82 bits per heavy atom. The number of fused-ring (bicyclic) bond motifs is 1. The van der Waals surface area contributed by atoms with Crippen LogP contribution in [-0.2, 0) is 20.9 Å². The SMILES string of the molecule is COc1ccc(CNC(=O)COC(=O)CSc2ccc3c(c2)OCCO3)cc1. The molecule has 0 fully saturated rings. The van der Waals surface area contributed by atoms with Gasteiger partial charge >= 0.3 is 5.97 Å². The van der Waals surface area contributed by atoms with Crippen molar-refractivity contribution in [1.29, 1.82) is 0 Å². The molecule has 1 aliphatic heterocycles. The molecule has 1 N–H and O–H groups in total. The zero-order chi connectivity index (χ0) is 19.8. The Morgan fingerprint density at radius 1 is 1.07 bits per heavy atom. The molecule has 1 aliphatic rings. The fourth-order valence-electron chi connectivity index (χ4n) is 2.44. The molecule has 28 heavy (non-hydrogen) atoms. The zero-order valence-corrected chi connectivity index (χ0v) is 16.3. The Kier molecular flexibility index (Phi) is 7.02. The van der Waals surface area contributed by atoms with Crippen molar-refractivity contribution in [2.45, 2.75) is 11.4 Å². The minimum absolute atomic E-state index is 0.103. The maximum atomic E-state index is 11.9. The molecule has 7 nitrogen and oxygen atoms in total. The van der Waals surface area contributed by atoms with Crippen LogP contribution < -0.4 is 19.5 Å². The number of ether oxygens (including phenoxy) is 4. The van der Waals surface area contributed by atoms with Gasteiger partial charge in [0.2, 0.25) is 0 Å². The third kappa shape index (κ3) is 5.82. The minimum atomic E-state index is -0.459. The summed E-state index contributed by atoms with van der Waals surface area (Å²) in [4.78, 5) is 24.6. The van der Waals surface area contributed by atoms with Gasteiger partial charge in [0.1, 0.15) is 19.0 Å². The summed E-state index contributed by atoms with van der Waals surface area (Å²) in [6, 6.07) is 12.8. The number of thioether (sulfide) groups is 1. The summed E-state index contributed by atoms with van der Waals surface area (Å²) in [6.07, 6.45) is 0. The average Bonchev–Trinajstić information content (AvgIpc) is 2.75. The second-order valence-corrected chi connectivity index (χ2v) is 6.93. The highest BCUT2D eigenvalue weighted by atomic mass is 32.2. The Bertz CT molecular complexity index is 824. The highest BCUT2D eigenvalue weighted by Gasteiger charge is 2.13. The molecule has 0 saturated carbocycles. The molecule has 0 aliphatic carbocycles. The maximum Gasteiger partial charge on any atom is 0.316 e. The Labute approximate surface area is 167 Å². The Hall–Kier alpha value is -2.87. The van der Waals surface area contributed by atoms with Gasteiger partial charge in [0, 0.05) is 11.4 Å². The van der Waals surface area contributed by atoms with E-state index >= 15 is 0 Å². The van der Waals surface area contributed by atoms with Crippen LogP contribution in [0.1, 0.15) is 5.56 Å². The number of carbonyl (C=O) groups excluding carboxylic acids is 2. The van der Waals surface area contributed by atoms with Crippen LogP contribution in [0.2, 0.25) is 0 Å². The van der Waals surface area contributed by atoms with Crippen molar-refractivity contribution in [2.75, 3.05) is 32.7 Å².